The quantitative estimate of drug-likeness (QED) is 0.408. The Morgan fingerprint density at radius 2 is 1.74 bits per heavy atom. The Bertz CT molecular complexity index is 1260. The summed E-state index contributed by atoms with van der Waals surface area (Å²) in [5.41, 5.74) is 0.254. The first kappa shape index (κ1) is 17.3. The summed E-state index contributed by atoms with van der Waals surface area (Å²) in [6.07, 6.45) is -2.35. The number of benzene rings is 2. The minimum atomic E-state index is -4.63. The molecule has 2 heterocycles. The number of alkyl halides is 3. The molecule has 0 spiro atoms. The summed E-state index contributed by atoms with van der Waals surface area (Å²) in [5.74, 6) is 0. The van der Waals surface area contributed by atoms with Gasteiger partial charge < -0.3 is 4.42 Å². The van der Waals surface area contributed by atoms with Crippen LogP contribution in [-0.4, -0.2) is 4.98 Å². The van der Waals surface area contributed by atoms with Crippen molar-refractivity contribution in [3.05, 3.63) is 75.8 Å². The van der Waals surface area contributed by atoms with E-state index in [4.69, 9.17) is 4.42 Å². The van der Waals surface area contributed by atoms with Gasteiger partial charge in [-0.15, -0.1) is 0 Å². The largest absolute Gasteiger partial charge is 0.463 e. The minimum Gasteiger partial charge on any atom is -0.463 e. The van der Waals surface area contributed by atoms with E-state index in [1.807, 2.05) is 26.0 Å². The van der Waals surface area contributed by atoms with Crippen LogP contribution in [0.15, 0.2) is 58.1 Å². The number of nitrogens with zero attached hydrogens (tertiary/aromatic N) is 1. The normalized spacial score (nSPS) is 12.0. The van der Waals surface area contributed by atoms with Crippen molar-refractivity contribution in [1.29, 1.82) is 0 Å². The highest BCUT2D eigenvalue weighted by molar-refractivity contribution is 6.07. The van der Waals surface area contributed by atoms with Gasteiger partial charge in [0.2, 0.25) is 5.43 Å². The van der Waals surface area contributed by atoms with E-state index in [0.29, 0.717) is 11.0 Å². The lowest BCUT2D eigenvalue weighted by molar-refractivity contribution is -0.137. The molecule has 0 amide bonds. The van der Waals surface area contributed by atoms with Crippen molar-refractivity contribution in [2.75, 3.05) is 0 Å². The molecule has 0 radical (unpaired) electrons. The second-order valence-corrected chi connectivity index (χ2v) is 6.42. The van der Waals surface area contributed by atoms with Gasteiger partial charge in [-0.25, -0.2) is 0 Å². The lowest BCUT2D eigenvalue weighted by atomic mass is 9.96. The molecule has 27 heavy (non-hydrogen) atoms. The molecule has 0 unspecified atom stereocenters. The van der Waals surface area contributed by atoms with E-state index in [2.05, 4.69) is 4.98 Å². The Morgan fingerprint density at radius 1 is 1.00 bits per heavy atom. The topological polar surface area (TPSA) is 43.1 Å². The fraction of sp³-hybridized carbons (Fsp3) is 0.143. The first-order chi connectivity index (χ1) is 12.8. The average Bonchev–Trinajstić information content (AvgIpc) is 2.64. The third-order valence-corrected chi connectivity index (χ3v) is 4.85. The molecule has 2 aromatic heterocycles. The summed E-state index contributed by atoms with van der Waals surface area (Å²) in [6.45, 7) is 3.90. The van der Waals surface area contributed by atoms with E-state index in [9.17, 15) is 18.0 Å². The van der Waals surface area contributed by atoms with Crippen molar-refractivity contribution in [3.63, 3.8) is 0 Å². The number of rotatable bonds is 1. The number of fused-ring (bicyclic) bond motifs is 3. The lowest BCUT2D eigenvalue weighted by Gasteiger charge is -2.12. The summed E-state index contributed by atoms with van der Waals surface area (Å²) in [7, 11) is 0. The highest BCUT2D eigenvalue weighted by Crippen LogP contribution is 2.36. The Balaban J connectivity index is 2.12. The van der Waals surface area contributed by atoms with Crippen molar-refractivity contribution in [2.24, 2.45) is 0 Å². The number of aryl methyl sites for hydroxylation is 2. The molecule has 3 nitrogen and oxygen atoms in total. The zero-order valence-electron chi connectivity index (χ0n) is 14.5. The highest BCUT2D eigenvalue weighted by Gasteiger charge is 2.35. The van der Waals surface area contributed by atoms with Crippen LogP contribution in [0.5, 0.6) is 0 Å². The molecular weight excluding hydrogens is 355 g/mol. The predicted octanol–water partition coefficient (Wildman–Crippen LogP) is 5.64. The number of aromatic nitrogens is 1. The first-order valence-corrected chi connectivity index (χ1v) is 8.26. The summed E-state index contributed by atoms with van der Waals surface area (Å²) in [6, 6.07) is 9.29. The van der Waals surface area contributed by atoms with E-state index in [1.54, 1.807) is 12.1 Å². The van der Waals surface area contributed by atoms with Crippen molar-refractivity contribution >= 4 is 21.7 Å². The number of hydrogen-bond donors (Lipinski definition) is 0. The summed E-state index contributed by atoms with van der Waals surface area (Å²) in [4.78, 5) is 17.0. The van der Waals surface area contributed by atoms with Crippen LogP contribution in [0.25, 0.3) is 33.0 Å². The molecule has 0 fully saturated rings. The van der Waals surface area contributed by atoms with Crippen LogP contribution in [0.3, 0.4) is 0 Å². The highest BCUT2D eigenvalue weighted by atomic mass is 19.4. The molecule has 0 atom stereocenters. The predicted molar refractivity (Wildman–Crippen MR) is 97.7 cm³/mol. The third kappa shape index (κ3) is 2.68. The molecule has 2 aromatic carbocycles. The molecule has 4 rings (SSSR count). The molecule has 0 N–H and O–H groups in total. The van der Waals surface area contributed by atoms with Gasteiger partial charge in [0.25, 0.3) is 0 Å². The lowest BCUT2D eigenvalue weighted by Crippen LogP contribution is -2.13. The number of halogens is 3. The van der Waals surface area contributed by atoms with E-state index in [0.717, 1.165) is 28.8 Å². The van der Waals surface area contributed by atoms with E-state index in [-0.39, 0.29) is 10.9 Å². The summed E-state index contributed by atoms with van der Waals surface area (Å²) < 4.78 is 45.6. The Morgan fingerprint density at radius 3 is 2.48 bits per heavy atom. The van der Waals surface area contributed by atoms with Gasteiger partial charge in [-0.1, -0.05) is 18.2 Å². The van der Waals surface area contributed by atoms with E-state index >= 15 is 0 Å². The Hall–Kier alpha value is -3.15. The van der Waals surface area contributed by atoms with Crippen LogP contribution < -0.4 is 5.43 Å². The van der Waals surface area contributed by atoms with Crippen LogP contribution in [-0.2, 0) is 6.18 Å². The molecule has 0 bridgehead atoms. The van der Waals surface area contributed by atoms with Gasteiger partial charge >= 0.3 is 6.18 Å². The van der Waals surface area contributed by atoms with Gasteiger partial charge in [-0.05, 0) is 53.9 Å². The SMILES string of the molecule is Cc1ccc2c(ccc3occ(-c4ncccc4C(F)(F)F)c(=O)c32)c1C. The molecular formula is C21H14F3NO2. The van der Waals surface area contributed by atoms with Gasteiger partial charge in [0.1, 0.15) is 11.8 Å². The summed E-state index contributed by atoms with van der Waals surface area (Å²) >= 11 is 0. The molecule has 0 aliphatic carbocycles. The van der Waals surface area contributed by atoms with Crippen molar-refractivity contribution < 1.29 is 17.6 Å². The molecule has 136 valence electrons. The first-order valence-electron chi connectivity index (χ1n) is 8.26. The smallest absolute Gasteiger partial charge is 0.418 e. The Kier molecular flexibility index (Phi) is 3.80. The maximum Gasteiger partial charge on any atom is 0.418 e. The van der Waals surface area contributed by atoms with Crippen molar-refractivity contribution in [3.8, 4) is 11.3 Å². The molecule has 0 saturated carbocycles. The van der Waals surface area contributed by atoms with Crippen molar-refractivity contribution in [2.45, 2.75) is 20.0 Å². The maximum absolute atomic E-state index is 13.4. The third-order valence-electron chi connectivity index (χ3n) is 4.85. The monoisotopic (exact) mass is 369 g/mol. The maximum atomic E-state index is 13.4. The fourth-order valence-electron chi connectivity index (χ4n) is 3.30. The standard InChI is InChI=1S/C21H14F3NO2/c1-11-5-6-14-13(12(11)2)7-8-17-18(14)20(26)15(10-27-17)19-16(21(22,23)24)4-3-9-25-19/h3-10H,1-2H3. The number of hydrogen-bond acceptors (Lipinski definition) is 3. The van der Waals surface area contributed by atoms with Crippen LogP contribution >= 0.6 is 0 Å². The van der Waals surface area contributed by atoms with E-state index < -0.39 is 22.9 Å². The van der Waals surface area contributed by atoms with Gasteiger partial charge in [0.15, 0.2) is 0 Å². The van der Waals surface area contributed by atoms with E-state index in [1.165, 1.54) is 12.3 Å². The second-order valence-electron chi connectivity index (χ2n) is 6.42. The van der Waals surface area contributed by atoms with Gasteiger partial charge in [-0.2, -0.15) is 13.2 Å². The van der Waals surface area contributed by atoms with Crippen LogP contribution in [0, 0.1) is 13.8 Å². The van der Waals surface area contributed by atoms with Crippen LogP contribution in [0.4, 0.5) is 13.2 Å². The second kappa shape index (κ2) is 5.94. The number of pyridine rings is 1. The Labute approximate surface area is 152 Å². The van der Waals surface area contributed by atoms with Crippen LogP contribution in [0.1, 0.15) is 16.7 Å². The average molecular weight is 369 g/mol. The molecule has 4 aromatic rings. The molecule has 6 heteroatoms. The minimum absolute atomic E-state index is 0.207. The zero-order chi connectivity index (χ0) is 19.3. The summed E-state index contributed by atoms with van der Waals surface area (Å²) in [5, 5.41) is 1.77. The van der Waals surface area contributed by atoms with Crippen molar-refractivity contribution in [1.82, 2.24) is 4.98 Å². The van der Waals surface area contributed by atoms with Crippen LogP contribution in [0.2, 0.25) is 0 Å². The molecule has 0 aliphatic heterocycles. The van der Waals surface area contributed by atoms with Gasteiger partial charge in [0.05, 0.1) is 22.2 Å². The zero-order valence-corrected chi connectivity index (χ0v) is 14.5. The fourth-order valence-corrected chi connectivity index (χ4v) is 3.30. The molecule has 0 saturated heterocycles. The molecule has 0 aliphatic rings. The van der Waals surface area contributed by atoms with Gasteiger partial charge in [-0.3, -0.25) is 9.78 Å². The van der Waals surface area contributed by atoms with Gasteiger partial charge in [0, 0.05) is 6.20 Å².